The lowest BCUT2D eigenvalue weighted by Crippen LogP contribution is -2.37. The van der Waals surface area contributed by atoms with Gasteiger partial charge in [-0.1, -0.05) is 24.3 Å². The Morgan fingerprint density at radius 1 is 1.26 bits per heavy atom. The van der Waals surface area contributed by atoms with Crippen LogP contribution in [0.1, 0.15) is 24.0 Å². The summed E-state index contributed by atoms with van der Waals surface area (Å²) >= 11 is 1.81. The first-order chi connectivity index (χ1) is 11.2. The number of nitrogens with zero attached hydrogens (tertiary/aromatic N) is 2. The zero-order valence-corrected chi connectivity index (χ0v) is 14.8. The van der Waals surface area contributed by atoms with Crippen LogP contribution >= 0.6 is 11.8 Å². The monoisotopic (exact) mass is 334 g/mol. The maximum Gasteiger partial charge on any atom is 0.222 e. The normalized spacial score (nSPS) is 15.1. The minimum atomic E-state index is 0.274. The molecule has 1 aromatic carbocycles. The average molecular weight is 334 g/mol. The Bertz CT molecular complexity index is 530. The number of amides is 1. The highest BCUT2D eigenvalue weighted by atomic mass is 32.2. The van der Waals surface area contributed by atoms with Crippen LogP contribution in [-0.2, 0) is 17.9 Å². The summed E-state index contributed by atoms with van der Waals surface area (Å²) in [6.45, 7) is 3.26. The predicted molar refractivity (Wildman–Crippen MR) is 97.7 cm³/mol. The first-order valence-electron chi connectivity index (χ1n) is 8.02. The van der Waals surface area contributed by atoms with Gasteiger partial charge in [0.25, 0.3) is 0 Å². The van der Waals surface area contributed by atoms with Crippen molar-refractivity contribution in [3.8, 4) is 0 Å². The van der Waals surface area contributed by atoms with Crippen LogP contribution in [0.4, 0.5) is 0 Å². The average Bonchev–Trinajstić information content (AvgIpc) is 2.97. The highest BCUT2D eigenvalue weighted by molar-refractivity contribution is 7.98. The summed E-state index contributed by atoms with van der Waals surface area (Å²) in [4.78, 5) is 17.8. The molecule has 2 rings (SSSR count). The molecule has 0 aliphatic carbocycles. The van der Waals surface area contributed by atoms with Gasteiger partial charge < -0.3 is 15.5 Å². The number of guanidine groups is 1. The fraction of sp³-hybridized carbons (Fsp3) is 0.529. The molecular formula is C17H26N4OS. The summed E-state index contributed by atoms with van der Waals surface area (Å²) in [6, 6.07) is 8.43. The van der Waals surface area contributed by atoms with Crippen LogP contribution in [0, 0.1) is 0 Å². The van der Waals surface area contributed by atoms with Crippen molar-refractivity contribution in [1.29, 1.82) is 0 Å². The highest BCUT2D eigenvalue weighted by Gasteiger charge is 2.19. The Labute approximate surface area is 142 Å². The molecule has 1 aliphatic rings. The van der Waals surface area contributed by atoms with Crippen LogP contribution < -0.4 is 10.6 Å². The van der Waals surface area contributed by atoms with Crippen molar-refractivity contribution in [2.24, 2.45) is 4.99 Å². The standard InChI is InChI=1S/C17H26N4OS/c1-18-17(19-9-11-23-2)20-12-14-5-7-15(8-6-14)13-21-10-3-4-16(21)22/h5-8H,3-4,9-13H2,1-2H3,(H2,18,19,20). The second-order valence-electron chi connectivity index (χ2n) is 5.58. The summed E-state index contributed by atoms with van der Waals surface area (Å²) in [6.07, 6.45) is 3.78. The van der Waals surface area contributed by atoms with Crippen LogP contribution in [0.3, 0.4) is 0 Å². The lowest BCUT2D eigenvalue weighted by molar-refractivity contribution is -0.128. The summed E-state index contributed by atoms with van der Waals surface area (Å²) in [5, 5.41) is 6.59. The van der Waals surface area contributed by atoms with E-state index in [0.29, 0.717) is 6.42 Å². The van der Waals surface area contributed by atoms with E-state index in [1.807, 2.05) is 16.7 Å². The molecule has 0 aromatic heterocycles. The summed E-state index contributed by atoms with van der Waals surface area (Å²) < 4.78 is 0. The lowest BCUT2D eigenvalue weighted by atomic mass is 10.1. The Morgan fingerprint density at radius 3 is 2.61 bits per heavy atom. The molecular weight excluding hydrogens is 308 g/mol. The molecule has 0 radical (unpaired) electrons. The van der Waals surface area contributed by atoms with Gasteiger partial charge in [-0.15, -0.1) is 0 Å². The van der Waals surface area contributed by atoms with Crippen LogP contribution in [0.25, 0.3) is 0 Å². The topological polar surface area (TPSA) is 56.7 Å². The fourth-order valence-corrected chi connectivity index (χ4v) is 2.84. The van der Waals surface area contributed by atoms with Gasteiger partial charge in [-0.25, -0.2) is 0 Å². The van der Waals surface area contributed by atoms with E-state index in [2.05, 4.69) is 46.1 Å². The number of rotatable bonds is 7. The van der Waals surface area contributed by atoms with Gasteiger partial charge in [0.1, 0.15) is 0 Å². The molecule has 1 saturated heterocycles. The van der Waals surface area contributed by atoms with E-state index < -0.39 is 0 Å². The zero-order chi connectivity index (χ0) is 16.5. The molecule has 1 heterocycles. The van der Waals surface area contributed by atoms with Crippen molar-refractivity contribution >= 4 is 23.6 Å². The first kappa shape index (κ1) is 17.7. The molecule has 0 saturated carbocycles. The molecule has 2 N–H and O–H groups in total. The largest absolute Gasteiger partial charge is 0.356 e. The Kier molecular flexibility index (Phi) is 7.26. The molecule has 126 valence electrons. The molecule has 0 bridgehead atoms. The number of hydrogen-bond donors (Lipinski definition) is 2. The number of aliphatic imine (C=N–C) groups is 1. The maximum atomic E-state index is 11.7. The van der Waals surface area contributed by atoms with Gasteiger partial charge in [-0.3, -0.25) is 9.79 Å². The quantitative estimate of drug-likeness (QED) is 0.454. The van der Waals surface area contributed by atoms with Gasteiger partial charge in [0.2, 0.25) is 5.91 Å². The summed E-state index contributed by atoms with van der Waals surface area (Å²) in [5.74, 6) is 2.16. The second kappa shape index (κ2) is 9.45. The molecule has 1 fully saturated rings. The van der Waals surface area contributed by atoms with Crippen molar-refractivity contribution in [2.45, 2.75) is 25.9 Å². The minimum absolute atomic E-state index is 0.274. The fourth-order valence-electron chi connectivity index (χ4n) is 2.53. The smallest absolute Gasteiger partial charge is 0.222 e. The molecule has 6 heteroatoms. The van der Waals surface area contributed by atoms with Gasteiger partial charge in [-0.2, -0.15) is 11.8 Å². The van der Waals surface area contributed by atoms with Gasteiger partial charge in [-0.05, 0) is 23.8 Å². The van der Waals surface area contributed by atoms with Crippen LogP contribution in [-0.4, -0.2) is 48.9 Å². The van der Waals surface area contributed by atoms with E-state index in [-0.39, 0.29) is 5.91 Å². The van der Waals surface area contributed by atoms with E-state index in [1.54, 1.807) is 7.05 Å². The molecule has 5 nitrogen and oxygen atoms in total. The number of carbonyl (C=O) groups is 1. The molecule has 1 aliphatic heterocycles. The molecule has 0 spiro atoms. The minimum Gasteiger partial charge on any atom is -0.356 e. The van der Waals surface area contributed by atoms with Gasteiger partial charge in [0, 0.05) is 45.4 Å². The van der Waals surface area contributed by atoms with E-state index in [0.717, 1.165) is 44.3 Å². The number of hydrogen-bond acceptors (Lipinski definition) is 3. The predicted octanol–water partition coefficient (Wildman–Crippen LogP) is 1.84. The number of thioether (sulfide) groups is 1. The number of benzene rings is 1. The highest BCUT2D eigenvalue weighted by Crippen LogP contribution is 2.14. The van der Waals surface area contributed by atoms with Gasteiger partial charge >= 0.3 is 0 Å². The van der Waals surface area contributed by atoms with E-state index in [4.69, 9.17) is 0 Å². The summed E-state index contributed by atoms with van der Waals surface area (Å²) in [5.41, 5.74) is 2.39. The van der Waals surface area contributed by atoms with Crippen LogP contribution in [0.2, 0.25) is 0 Å². The molecule has 0 atom stereocenters. The van der Waals surface area contributed by atoms with Gasteiger partial charge in [0.05, 0.1) is 0 Å². The third-order valence-electron chi connectivity index (χ3n) is 3.85. The van der Waals surface area contributed by atoms with E-state index >= 15 is 0 Å². The van der Waals surface area contributed by atoms with Crippen molar-refractivity contribution in [1.82, 2.24) is 15.5 Å². The van der Waals surface area contributed by atoms with Crippen molar-refractivity contribution < 1.29 is 4.79 Å². The van der Waals surface area contributed by atoms with Crippen molar-refractivity contribution in [3.05, 3.63) is 35.4 Å². The lowest BCUT2D eigenvalue weighted by Gasteiger charge is -2.16. The second-order valence-corrected chi connectivity index (χ2v) is 6.57. The summed E-state index contributed by atoms with van der Waals surface area (Å²) in [7, 11) is 1.78. The molecule has 23 heavy (non-hydrogen) atoms. The number of carbonyl (C=O) groups excluding carboxylic acids is 1. The van der Waals surface area contributed by atoms with Crippen molar-refractivity contribution in [3.63, 3.8) is 0 Å². The van der Waals surface area contributed by atoms with E-state index in [9.17, 15) is 4.79 Å². The Balaban J connectivity index is 1.79. The van der Waals surface area contributed by atoms with Gasteiger partial charge in [0.15, 0.2) is 5.96 Å². The Morgan fingerprint density at radius 2 is 2.00 bits per heavy atom. The third-order valence-corrected chi connectivity index (χ3v) is 4.46. The Hall–Kier alpha value is -1.69. The van der Waals surface area contributed by atoms with Crippen LogP contribution in [0.5, 0.6) is 0 Å². The first-order valence-corrected chi connectivity index (χ1v) is 9.41. The molecule has 1 amide bonds. The molecule has 1 aromatic rings. The SMILES string of the molecule is CN=C(NCCSC)NCc1ccc(CN2CCCC2=O)cc1. The zero-order valence-electron chi connectivity index (χ0n) is 14.0. The number of likely N-dealkylation sites (tertiary alicyclic amines) is 1. The van der Waals surface area contributed by atoms with Crippen molar-refractivity contribution in [2.75, 3.05) is 32.1 Å². The van der Waals surface area contributed by atoms with E-state index in [1.165, 1.54) is 11.1 Å². The van der Waals surface area contributed by atoms with Crippen LogP contribution in [0.15, 0.2) is 29.3 Å². The third kappa shape index (κ3) is 5.78. The maximum absolute atomic E-state index is 11.7. The molecule has 0 unspecified atom stereocenters. The number of nitrogens with one attached hydrogen (secondary N) is 2.